The number of carboxylic acid groups (broad SMARTS) is 1. The van der Waals surface area contributed by atoms with Crippen LogP contribution in [-0.4, -0.2) is 22.7 Å². The van der Waals surface area contributed by atoms with Crippen LogP contribution < -0.4 is 5.73 Å². The fraction of sp³-hybridized carbons (Fsp3) is 0. The minimum absolute atomic E-state index is 0.127. The average molecular weight is 140 g/mol. The summed E-state index contributed by atoms with van der Waals surface area (Å²) in [7, 11) is 0. The van der Waals surface area contributed by atoms with Gasteiger partial charge in [0, 0.05) is 6.08 Å². The molecule has 52 valence electrons. The van der Waals surface area contributed by atoms with Gasteiger partial charge in [-0.2, -0.15) is 0 Å². The number of amides is 1. The van der Waals surface area contributed by atoms with Gasteiger partial charge in [-0.25, -0.2) is 9.79 Å². The van der Waals surface area contributed by atoms with Crippen LogP contribution in [0.1, 0.15) is 0 Å². The zero-order chi connectivity index (χ0) is 7.72. The number of nitrogens with two attached hydrogens (primary N) is 1. The molecule has 0 bridgehead atoms. The average Bonchev–Trinajstić information content (AvgIpc) is 2.13. The first-order valence-electron chi connectivity index (χ1n) is 2.45. The molecule has 0 aromatic heterocycles. The van der Waals surface area contributed by atoms with Crippen molar-refractivity contribution < 1.29 is 14.7 Å². The van der Waals surface area contributed by atoms with Crippen molar-refractivity contribution in [2.75, 3.05) is 0 Å². The Morgan fingerprint density at radius 3 is 2.50 bits per heavy atom. The van der Waals surface area contributed by atoms with Crippen molar-refractivity contribution in [2.24, 2.45) is 10.7 Å². The first-order valence-corrected chi connectivity index (χ1v) is 2.45. The van der Waals surface area contributed by atoms with E-state index in [1.807, 2.05) is 0 Å². The topological polar surface area (TPSA) is 92.8 Å². The Labute approximate surface area is 55.9 Å². The summed E-state index contributed by atoms with van der Waals surface area (Å²) in [5.74, 6) is -1.92. The summed E-state index contributed by atoms with van der Waals surface area (Å²) < 4.78 is 0. The Morgan fingerprint density at radius 1 is 1.70 bits per heavy atom. The van der Waals surface area contributed by atoms with Gasteiger partial charge in [-0.1, -0.05) is 0 Å². The molecule has 5 heteroatoms. The Kier molecular flexibility index (Phi) is 1.26. The van der Waals surface area contributed by atoms with E-state index < -0.39 is 11.9 Å². The molecule has 0 fully saturated rings. The third-order valence-corrected chi connectivity index (χ3v) is 0.980. The van der Waals surface area contributed by atoms with Gasteiger partial charge in [0.1, 0.15) is 5.70 Å². The summed E-state index contributed by atoms with van der Waals surface area (Å²) in [5, 5.41) is 8.27. The molecule has 1 aliphatic rings. The number of nitrogens with zero attached hydrogens (tertiary/aromatic N) is 1. The van der Waals surface area contributed by atoms with E-state index in [1.54, 1.807) is 0 Å². The summed E-state index contributed by atoms with van der Waals surface area (Å²) >= 11 is 0. The van der Waals surface area contributed by atoms with E-state index in [1.165, 1.54) is 0 Å². The molecule has 3 N–H and O–H groups in total. The molecule has 0 saturated carbocycles. The normalized spacial score (nSPS) is 16.6. The van der Waals surface area contributed by atoms with E-state index in [2.05, 4.69) is 4.99 Å². The van der Waals surface area contributed by atoms with E-state index in [-0.39, 0.29) is 11.4 Å². The summed E-state index contributed by atoms with van der Waals surface area (Å²) in [6, 6.07) is 0. The number of hydrogen-bond donors (Lipinski definition) is 2. The van der Waals surface area contributed by atoms with Crippen LogP contribution >= 0.6 is 0 Å². The third kappa shape index (κ3) is 0.883. The fourth-order valence-corrected chi connectivity index (χ4v) is 0.525. The predicted octanol–water partition coefficient (Wildman–Crippen LogP) is -1.11. The van der Waals surface area contributed by atoms with E-state index >= 15 is 0 Å². The van der Waals surface area contributed by atoms with Crippen molar-refractivity contribution in [3.05, 3.63) is 11.8 Å². The molecular formula is C5H4N2O3. The lowest BCUT2D eigenvalue weighted by molar-refractivity contribution is -0.129. The van der Waals surface area contributed by atoms with Gasteiger partial charge in [0.15, 0.2) is 5.71 Å². The monoisotopic (exact) mass is 140 g/mol. The highest BCUT2D eigenvalue weighted by Gasteiger charge is 2.18. The summed E-state index contributed by atoms with van der Waals surface area (Å²) in [6.45, 7) is 0. The maximum atomic E-state index is 10.4. The van der Waals surface area contributed by atoms with Gasteiger partial charge >= 0.3 is 5.97 Å². The lowest BCUT2D eigenvalue weighted by Gasteiger charge is -1.80. The number of aliphatic imine (C=N–C) groups is 1. The lowest BCUT2D eigenvalue weighted by Crippen LogP contribution is -2.07. The first-order chi connectivity index (χ1) is 4.61. The summed E-state index contributed by atoms with van der Waals surface area (Å²) in [4.78, 5) is 23.7. The second-order valence-electron chi connectivity index (χ2n) is 1.71. The quantitative estimate of drug-likeness (QED) is 0.483. The number of aliphatic carboxylic acids is 1. The molecule has 0 saturated heterocycles. The van der Waals surface area contributed by atoms with E-state index in [4.69, 9.17) is 10.8 Å². The molecule has 1 rings (SSSR count). The lowest BCUT2D eigenvalue weighted by atomic mass is 10.3. The van der Waals surface area contributed by atoms with Crippen molar-refractivity contribution in [1.82, 2.24) is 0 Å². The zero-order valence-electron chi connectivity index (χ0n) is 4.87. The molecule has 5 nitrogen and oxygen atoms in total. The minimum Gasteiger partial charge on any atom is -0.477 e. The van der Waals surface area contributed by atoms with Gasteiger partial charge in [0.05, 0.1) is 0 Å². The highest BCUT2D eigenvalue weighted by atomic mass is 16.4. The Balaban J connectivity index is 2.96. The van der Waals surface area contributed by atoms with Crippen molar-refractivity contribution in [3.63, 3.8) is 0 Å². The van der Waals surface area contributed by atoms with Crippen molar-refractivity contribution in [1.29, 1.82) is 0 Å². The highest BCUT2D eigenvalue weighted by Crippen LogP contribution is 2.00. The number of hydrogen-bond acceptors (Lipinski definition) is 3. The molecule has 0 radical (unpaired) electrons. The molecule has 1 heterocycles. The minimum atomic E-state index is -1.24. The second-order valence-corrected chi connectivity index (χ2v) is 1.71. The zero-order valence-corrected chi connectivity index (χ0v) is 4.87. The first kappa shape index (κ1) is 6.47. The smallest absolute Gasteiger partial charge is 0.354 e. The maximum absolute atomic E-state index is 10.4. The van der Waals surface area contributed by atoms with E-state index in [9.17, 15) is 9.59 Å². The van der Waals surface area contributed by atoms with Gasteiger partial charge in [0.2, 0.25) is 0 Å². The van der Waals surface area contributed by atoms with Gasteiger partial charge in [-0.05, 0) is 0 Å². The molecular weight excluding hydrogens is 136 g/mol. The van der Waals surface area contributed by atoms with Crippen LogP contribution in [0.3, 0.4) is 0 Å². The largest absolute Gasteiger partial charge is 0.477 e. The van der Waals surface area contributed by atoms with E-state index in [0.717, 1.165) is 6.08 Å². The van der Waals surface area contributed by atoms with Gasteiger partial charge in [-0.15, -0.1) is 0 Å². The van der Waals surface area contributed by atoms with Crippen LogP contribution in [0.15, 0.2) is 16.8 Å². The fourth-order valence-electron chi connectivity index (χ4n) is 0.525. The van der Waals surface area contributed by atoms with Crippen LogP contribution in [0.5, 0.6) is 0 Å². The molecule has 0 aliphatic carbocycles. The summed E-state index contributed by atoms with van der Waals surface area (Å²) in [5.41, 5.74) is 4.61. The van der Waals surface area contributed by atoms with Crippen molar-refractivity contribution >= 4 is 17.6 Å². The van der Waals surface area contributed by atoms with E-state index in [0.29, 0.717) is 0 Å². The molecule has 0 atom stereocenters. The van der Waals surface area contributed by atoms with Crippen LogP contribution in [-0.2, 0) is 9.59 Å². The van der Waals surface area contributed by atoms with Gasteiger partial charge < -0.3 is 10.8 Å². The molecule has 0 aromatic carbocycles. The Bertz CT molecular complexity index is 255. The molecule has 0 aromatic rings. The molecule has 0 unspecified atom stereocenters. The van der Waals surface area contributed by atoms with Crippen LogP contribution in [0.25, 0.3) is 0 Å². The van der Waals surface area contributed by atoms with Gasteiger partial charge in [-0.3, -0.25) is 4.79 Å². The van der Waals surface area contributed by atoms with Crippen LogP contribution in [0.4, 0.5) is 0 Å². The number of carbonyl (C=O) groups excluding carboxylic acids is 1. The Morgan fingerprint density at radius 2 is 2.30 bits per heavy atom. The second kappa shape index (κ2) is 1.94. The number of carbonyl (C=O) groups is 2. The van der Waals surface area contributed by atoms with Gasteiger partial charge in [0.25, 0.3) is 5.91 Å². The Hall–Kier alpha value is -1.65. The maximum Gasteiger partial charge on any atom is 0.354 e. The van der Waals surface area contributed by atoms with Crippen LogP contribution in [0.2, 0.25) is 0 Å². The molecule has 1 amide bonds. The molecule has 0 spiro atoms. The third-order valence-electron chi connectivity index (χ3n) is 0.980. The van der Waals surface area contributed by atoms with Crippen LogP contribution in [0, 0.1) is 0 Å². The van der Waals surface area contributed by atoms with Crippen molar-refractivity contribution in [2.45, 2.75) is 0 Å². The number of rotatable bonds is 1. The highest BCUT2D eigenvalue weighted by molar-refractivity contribution is 6.45. The SMILES string of the molecule is NC1=CC(C(=O)O)=NC1=O. The molecule has 1 aliphatic heterocycles. The number of carboxylic acids is 1. The molecule has 10 heavy (non-hydrogen) atoms. The summed E-state index contributed by atoms with van der Waals surface area (Å²) in [6.07, 6.45) is 1.03. The predicted molar refractivity (Wildman–Crippen MR) is 32.3 cm³/mol. The standard InChI is InChI=1S/C5H4N2O3/c6-2-1-3(5(9)10)7-4(2)8/h1H,(H,9,10)(H2,6,7,8). The van der Waals surface area contributed by atoms with Crippen molar-refractivity contribution in [3.8, 4) is 0 Å².